The number of hydrogen-bond donors (Lipinski definition) is 2. The number of nitrogens with one attached hydrogen (secondary N) is 2. The van der Waals surface area contributed by atoms with Crippen molar-refractivity contribution in [1.29, 1.82) is 0 Å². The summed E-state index contributed by atoms with van der Waals surface area (Å²) in [5.74, 6) is -0.565. The van der Waals surface area contributed by atoms with E-state index in [1.165, 1.54) is 6.33 Å². The molecule has 106 valence electrons. The zero-order valence-electron chi connectivity index (χ0n) is 11.1. The van der Waals surface area contributed by atoms with E-state index in [2.05, 4.69) is 15.3 Å². The van der Waals surface area contributed by atoms with Crippen molar-refractivity contribution in [3.05, 3.63) is 52.6 Å². The molecule has 0 unspecified atom stereocenters. The second-order valence-electron chi connectivity index (χ2n) is 4.66. The van der Waals surface area contributed by atoms with Gasteiger partial charge in [0.15, 0.2) is 12.1 Å². The van der Waals surface area contributed by atoms with Gasteiger partial charge >= 0.3 is 0 Å². The monoisotopic (exact) mass is 303 g/mol. The predicted octanol–water partition coefficient (Wildman–Crippen LogP) is 4.22. The third-order valence-electron chi connectivity index (χ3n) is 3.26. The van der Waals surface area contributed by atoms with Gasteiger partial charge in [0.1, 0.15) is 5.52 Å². The first kappa shape index (κ1) is 13.6. The predicted molar refractivity (Wildman–Crippen MR) is 80.9 cm³/mol. The minimum Gasteiger partial charge on any atom is -0.352 e. The standard InChI is InChI=1S/C15H11ClFN3O/c1-8-4-10(16)2-3-11(8)20-14-9(6-21)5-12-15(13(14)17)19-7-18-12/h2-7,20H,1H3,(H,18,19). The Kier molecular flexibility index (Phi) is 3.35. The summed E-state index contributed by atoms with van der Waals surface area (Å²) >= 11 is 5.90. The van der Waals surface area contributed by atoms with Crippen LogP contribution in [0.15, 0.2) is 30.6 Å². The fourth-order valence-electron chi connectivity index (χ4n) is 2.18. The number of aldehydes is 1. The zero-order valence-corrected chi connectivity index (χ0v) is 11.8. The number of halogens is 2. The smallest absolute Gasteiger partial charge is 0.175 e. The van der Waals surface area contributed by atoms with Gasteiger partial charge in [0.05, 0.1) is 17.5 Å². The summed E-state index contributed by atoms with van der Waals surface area (Å²) in [4.78, 5) is 17.9. The number of aromatic amines is 1. The third kappa shape index (κ3) is 2.36. The maximum absolute atomic E-state index is 14.5. The van der Waals surface area contributed by atoms with Crippen LogP contribution in [0.2, 0.25) is 5.02 Å². The van der Waals surface area contributed by atoms with E-state index in [-0.39, 0.29) is 16.8 Å². The molecule has 3 aromatic rings. The van der Waals surface area contributed by atoms with Crippen molar-refractivity contribution < 1.29 is 9.18 Å². The Bertz CT molecular complexity index is 844. The molecule has 0 saturated heterocycles. The van der Waals surface area contributed by atoms with Crippen LogP contribution in [-0.4, -0.2) is 16.3 Å². The maximum atomic E-state index is 14.5. The molecule has 0 amide bonds. The lowest BCUT2D eigenvalue weighted by molar-refractivity contribution is 0.112. The Morgan fingerprint density at radius 2 is 2.19 bits per heavy atom. The van der Waals surface area contributed by atoms with Gasteiger partial charge in [-0.2, -0.15) is 0 Å². The number of hydrogen-bond acceptors (Lipinski definition) is 3. The molecule has 0 radical (unpaired) electrons. The molecule has 4 nitrogen and oxygen atoms in total. The minimum atomic E-state index is -0.565. The third-order valence-corrected chi connectivity index (χ3v) is 3.49. The normalized spacial score (nSPS) is 10.8. The van der Waals surface area contributed by atoms with E-state index >= 15 is 0 Å². The topological polar surface area (TPSA) is 57.8 Å². The number of anilines is 2. The lowest BCUT2D eigenvalue weighted by atomic mass is 10.1. The highest BCUT2D eigenvalue weighted by molar-refractivity contribution is 6.30. The van der Waals surface area contributed by atoms with Crippen LogP contribution in [0.3, 0.4) is 0 Å². The molecule has 21 heavy (non-hydrogen) atoms. The molecule has 0 aliphatic heterocycles. The molecule has 0 saturated carbocycles. The molecule has 0 bridgehead atoms. The zero-order chi connectivity index (χ0) is 15.0. The van der Waals surface area contributed by atoms with Gasteiger partial charge in [-0.25, -0.2) is 9.37 Å². The number of nitrogens with zero attached hydrogens (tertiary/aromatic N) is 1. The molecular formula is C15H11ClFN3O. The van der Waals surface area contributed by atoms with Crippen molar-refractivity contribution in [3.63, 3.8) is 0 Å². The highest BCUT2D eigenvalue weighted by atomic mass is 35.5. The van der Waals surface area contributed by atoms with Crippen molar-refractivity contribution in [2.45, 2.75) is 6.92 Å². The second kappa shape index (κ2) is 5.18. The molecule has 0 spiro atoms. The first-order valence-corrected chi connectivity index (χ1v) is 6.62. The highest BCUT2D eigenvalue weighted by Gasteiger charge is 2.16. The number of fused-ring (bicyclic) bond motifs is 1. The van der Waals surface area contributed by atoms with Gasteiger partial charge in [0.25, 0.3) is 0 Å². The van der Waals surface area contributed by atoms with Crippen LogP contribution in [0.5, 0.6) is 0 Å². The van der Waals surface area contributed by atoms with Crippen molar-refractivity contribution >= 4 is 40.3 Å². The maximum Gasteiger partial charge on any atom is 0.175 e. The molecule has 2 N–H and O–H groups in total. The van der Waals surface area contributed by atoms with Gasteiger partial charge in [-0.15, -0.1) is 0 Å². The lowest BCUT2D eigenvalue weighted by Crippen LogP contribution is -2.01. The number of rotatable bonds is 3. The van der Waals surface area contributed by atoms with E-state index in [0.717, 1.165) is 5.56 Å². The summed E-state index contributed by atoms with van der Waals surface area (Å²) in [7, 11) is 0. The largest absolute Gasteiger partial charge is 0.352 e. The van der Waals surface area contributed by atoms with Gasteiger partial charge in [0.2, 0.25) is 0 Å². The molecule has 1 heterocycles. The molecule has 0 atom stereocenters. The Labute approximate surface area is 125 Å². The molecular weight excluding hydrogens is 293 g/mol. The van der Waals surface area contributed by atoms with Crippen molar-refractivity contribution in [3.8, 4) is 0 Å². The van der Waals surface area contributed by atoms with Crippen LogP contribution in [0.1, 0.15) is 15.9 Å². The van der Waals surface area contributed by atoms with E-state index in [1.807, 2.05) is 6.92 Å². The molecule has 0 aliphatic rings. The van der Waals surface area contributed by atoms with Crippen molar-refractivity contribution in [1.82, 2.24) is 9.97 Å². The summed E-state index contributed by atoms with van der Waals surface area (Å²) in [6.07, 6.45) is 2.00. The summed E-state index contributed by atoms with van der Waals surface area (Å²) in [5, 5.41) is 3.54. The number of aromatic nitrogens is 2. The molecule has 2 aromatic carbocycles. The Morgan fingerprint density at radius 1 is 1.38 bits per heavy atom. The highest BCUT2D eigenvalue weighted by Crippen LogP contribution is 2.30. The number of carbonyl (C=O) groups is 1. The molecule has 0 aliphatic carbocycles. The van der Waals surface area contributed by atoms with Gasteiger partial charge in [-0.1, -0.05) is 11.6 Å². The lowest BCUT2D eigenvalue weighted by Gasteiger charge is -2.13. The summed E-state index contributed by atoms with van der Waals surface area (Å²) in [6, 6.07) is 6.75. The van der Waals surface area contributed by atoms with E-state index in [9.17, 15) is 9.18 Å². The van der Waals surface area contributed by atoms with Gasteiger partial charge in [-0.3, -0.25) is 4.79 Å². The quantitative estimate of drug-likeness (QED) is 0.712. The van der Waals surface area contributed by atoms with Crippen LogP contribution >= 0.6 is 11.6 Å². The van der Waals surface area contributed by atoms with E-state index < -0.39 is 5.82 Å². The number of imidazole rings is 1. The van der Waals surface area contributed by atoms with Crippen molar-refractivity contribution in [2.75, 3.05) is 5.32 Å². The van der Waals surface area contributed by atoms with Crippen LogP contribution in [0.4, 0.5) is 15.8 Å². The van der Waals surface area contributed by atoms with Crippen molar-refractivity contribution in [2.24, 2.45) is 0 Å². The molecule has 1 aromatic heterocycles. The Morgan fingerprint density at radius 3 is 2.90 bits per heavy atom. The molecule has 6 heteroatoms. The van der Waals surface area contributed by atoms with E-state index in [1.54, 1.807) is 24.3 Å². The number of aryl methyl sites for hydroxylation is 1. The first-order valence-electron chi connectivity index (χ1n) is 6.24. The summed E-state index contributed by atoms with van der Waals surface area (Å²) in [6.45, 7) is 1.85. The Balaban J connectivity index is 2.14. The summed E-state index contributed by atoms with van der Waals surface area (Å²) in [5.41, 5.74) is 2.52. The van der Waals surface area contributed by atoms with E-state index in [4.69, 9.17) is 11.6 Å². The van der Waals surface area contributed by atoms with Gasteiger partial charge in [0, 0.05) is 16.3 Å². The Hall–Kier alpha value is -2.40. The average molecular weight is 304 g/mol. The van der Waals surface area contributed by atoms with Gasteiger partial charge < -0.3 is 10.3 Å². The van der Waals surface area contributed by atoms with Crippen LogP contribution in [-0.2, 0) is 0 Å². The SMILES string of the molecule is Cc1cc(Cl)ccc1Nc1c(C=O)cc2[nH]cnc2c1F. The minimum absolute atomic E-state index is 0.107. The molecule has 0 fully saturated rings. The van der Waals surface area contributed by atoms with Crippen LogP contribution in [0, 0.1) is 12.7 Å². The van der Waals surface area contributed by atoms with Gasteiger partial charge in [-0.05, 0) is 36.8 Å². The van der Waals surface area contributed by atoms with Crippen LogP contribution in [0.25, 0.3) is 11.0 Å². The first-order chi connectivity index (χ1) is 10.1. The van der Waals surface area contributed by atoms with E-state index in [0.29, 0.717) is 22.5 Å². The number of benzene rings is 2. The second-order valence-corrected chi connectivity index (χ2v) is 5.09. The van der Waals surface area contributed by atoms with Crippen LogP contribution < -0.4 is 5.32 Å². The molecule has 3 rings (SSSR count). The fraction of sp³-hybridized carbons (Fsp3) is 0.0667. The number of carbonyl (C=O) groups excluding carboxylic acids is 1. The fourth-order valence-corrected chi connectivity index (χ4v) is 2.41. The average Bonchev–Trinajstić information content (AvgIpc) is 2.92. The number of H-pyrrole nitrogens is 1. The summed E-state index contributed by atoms with van der Waals surface area (Å²) < 4.78 is 14.5.